The van der Waals surface area contributed by atoms with Crippen molar-refractivity contribution >= 4 is 27.3 Å². The lowest BCUT2D eigenvalue weighted by Crippen LogP contribution is -2.36. The van der Waals surface area contributed by atoms with Crippen LogP contribution in [0.5, 0.6) is 0 Å². The van der Waals surface area contributed by atoms with Crippen molar-refractivity contribution in [3.63, 3.8) is 0 Å². The molecule has 0 aliphatic carbocycles. The van der Waals surface area contributed by atoms with E-state index in [1.54, 1.807) is 17.4 Å². The summed E-state index contributed by atoms with van der Waals surface area (Å²) in [5, 5.41) is 0. The number of hydrogen-bond acceptors (Lipinski definition) is 3. The molecule has 2 heterocycles. The molecule has 0 aliphatic rings. The average molecular weight is 315 g/mol. The Morgan fingerprint density at radius 3 is 2.71 bits per heavy atom. The fourth-order valence-corrected chi connectivity index (χ4v) is 3.26. The van der Waals surface area contributed by atoms with Gasteiger partial charge in [-0.25, -0.2) is 4.39 Å². The van der Waals surface area contributed by atoms with Crippen molar-refractivity contribution in [1.29, 1.82) is 0 Å². The molecule has 2 N–H and O–H groups in total. The molecule has 2 aromatic rings. The van der Waals surface area contributed by atoms with Crippen molar-refractivity contribution in [1.82, 2.24) is 4.98 Å². The molecule has 0 fully saturated rings. The van der Waals surface area contributed by atoms with Gasteiger partial charge in [0.15, 0.2) is 0 Å². The van der Waals surface area contributed by atoms with Gasteiger partial charge in [-0.2, -0.15) is 0 Å². The molecule has 0 amide bonds. The zero-order valence-corrected chi connectivity index (χ0v) is 11.7. The molecule has 2 nitrogen and oxygen atoms in total. The van der Waals surface area contributed by atoms with Gasteiger partial charge in [-0.15, -0.1) is 11.3 Å². The van der Waals surface area contributed by atoms with Gasteiger partial charge in [0, 0.05) is 11.3 Å². The van der Waals surface area contributed by atoms with Gasteiger partial charge in [-0.3, -0.25) is 4.98 Å². The molecule has 0 bridgehead atoms. The van der Waals surface area contributed by atoms with Gasteiger partial charge in [0.25, 0.3) is 0 Å². The van der Waals surface area contributed by atoms with Crippen LogP contribution in [0.1, 0.15) is 17.5 Å². The van der Waals surface area contributed by atoms with Crippen molar-refractivity contribution in [2.45, 2.75) is 18.9 Å². The largest absolute Gasteiger partial charge is 0.320 e. The molecule has 17 heavy (non-hydrogen) atoms. The third kappa shape index (κ3) is 3.12. The first-order chi connectivity index (χ1) is 7.97. The molecule has 2 rings (SSSR count). The van der Waals surface area contributed by atoms with Crippen LogP contribution in [-0.4, -0.2) is 4.98 Å². The van der Waals surface area contributed by atoms with E-state index in [0.29, 0.717) is 12.1 Å². The van der Waals surface area contributed by atoms with Gasteiger partial charge >= 0.3 is 0 Å². The van der Waals surface area contributed by atoms with Crippen LogP contribution in [-0.2, 0) is 12.0 Å². The minimum absolute atomic E-state index is 0.344. The Morgan fingerprint density at radius 1 is 1.41 bits per heavy atom. The smallest absolute Gasteiger partial charge is 0.141 e. The molecule has 0 saturated carbocycles. The quantitative estimate of drug-likeness (QED) is 0.942. The van der Waals surface area contributed by atoms with Gasteiger partial charge < -0.3 is 5.73 Å². The van der Waals surface area contributed by atoms with Gasteiger partial charge in [0.1, 0.15) is 5.82 Å². The molecule has 90 valence electrons. The highest BCUT2D eigenvalue weighted by molar-refractivity contribution is 9.11. The van der Waals surface area contributed by atoms with Gasteiger partial charge in [0.05, 0.1) is 21.2 Å². The summed E-state index contributed by atoms with van der Waals surface area (Å²) in [6, 6.07) is 7.05. The van der Waals surface area contributed by atoms with E-state index in [2.05, 4.69) is 20.9 Å². The van der Waals surface area contributed by atoms with E-state index in [9.17, 15) is 4.39 Å². The maximum atomic E-state index is 12.8. The number of thiophene rings is 1. The Morgan fingerprint density at radius 2 is 2.18 bits per heavy atom. The van der Waals surface area contributed by atoms with Crippen LogP contribution < -0.4 is 5.73 Å². The van der Waals surface area contributed by atoms with E-state index in [0.717, 1.165) is 3.79 Å². The highest BCUT2D eigenvalue weighted by Crippen LogP contribution is 2.28. The molecular formula is C12H12BrFN2S. The summed E-state index contributed by atoms with van der Waals surface area (Å²) < 4.78 is 13.9. The number of pyridine rings is 1. The summed E-state index contributed by atoms with van der Waals surface area (Å²) in [7, 11) is 0. The van der Waals surface area contributed by atoms with E-state index < -0.39 is 5.54 Å². The maximum Gasteiger partial charge on any atom is 0.141 e. The molecule has 0 saturated heterocycles. The Hall–Kier alpha value is -0.780. The molecule has 0 spiro atoms. The second kappa shape index (κ2) is 4.84. The molecule has 1 atom stereocenters. The summed E-state index contributed by atoms with van der Waals surface area (Å²) in [5.41, 5.74) is 6.35. The van der Waals surface area contributed by atoms with Crippen LogP contribution >= 0.6 is 27.3 Å². The van der Waals surface area contributed by atoms with Crippen molar-refractivity contribution in [3.05, 3.63) is 50.6 Å². The topological polar surface area (TPSA) is 38.9 Å². The SMILES string of the molecule is CC(N)(Cc1ccc(Br)s1)c1ccc(F)cn1. The number of hydrogen-bond donors (Lipinski definition) is 1. The second-order valence-electron chi connectivity index (χ2n) is 4.16. The van der Waals surface area contributed by atoms with Crippen molar-refractivity contribution in [2.24, 2.45) is 5.73 Å². The zero-order chi connectivity index (χ0) is 12.5. The minimum atomic E-state index is -0.585. The lowest BCUT2D eigenvalue weighted by Gasteiger charge is -2.23. The average Bonchev–Trinajstić information content (AvgIpc) is 2.63. The van der Waals surface area contributed by atoms with Crippen LogP contribution in [0.15, 0.2) is 34.2 Å². The van der Waals surface area contributed by atoms with E-state index >= 15 is 0 Å². The first-order valence-electron chi connectivity index (χ1n) is 5.12. The molecule has 0 aromatic carbocycles. The Kier molecular flexibility index (Phi) is 3.61. The van der Waals surface area contributed by atoms with E-state index in [4.69, 9.17) is 5.73 Å². The summed E-state index contributed by atoms with van der Waals surface area (Å²) in [6.07, 6.45) is 1.88. The first-order valence-corrected chi connectivity index (χ1v) is 6.73. The van der Waals surface area contributed by atoms with Crippen molar-refractivity contribution in [3.8, 4) is 0 Å². The summed E-state index contributed by atoms with van der Waals surface area (Å²) in [4.78, 5) is 5.22. The van der Waals surface area contributed by atoms with Crippen LogP contribution in [0, 0.1) is 5.82 Å². The lowest BCUT2D eigenvalue weighted by molar-refractivity contribution is 0.476. The Balaban J connectivity index is 2.21. The van der Waals surface area contributed by atoms with Crippen molar-refractivity contribution < 1.29 is 4.39 Å². The predicted molar refractivity (Wildman–Crippen MR) is 71.5 cm³/mol. The van der Waals surface area contributed by atoms with E-state index in [1.165, 1.54) is 17.1 Å². The van der Waals surface area contributed by atoms with Crippen LogP contribution in [0.4, 0.5) is 4.39 Å². The summed E-state index contributed by atoms with van der Waals surface area (Å²) in [6.45, 7) is 1.90. The number of nitrogens with two attached hydrogens (primary N) is 1. The Labute approximate surface area is 112 Å². The fraction of sp³-hybridized carbons (Fsp3) is 0.250. The van der Waals surface area contributed by atoms with E-state index in [-0.39, 0.29) is 5.82 Å². The zero-order valence-electron chi connectivity index (χ0n) is 9.28. The third-order valence-corrected chi connectivity index (χ3v) is 4.11. The first kappa shape index (κ1) is 12.7. The molecular weight excluding hydrogens is 303 g/mol. The van der Waals surface area contributed by atoms with Gasteiger partial charge in [-0.1, -0.05) is 0 Å². The monoisotopic (exact) mass is 314 g/mol. The Bertz CT molecular complexity index is 507. The number of nitrogens with zero attached hydrogens (tertiary/aromatic N) is 1. The van der Waals surface area contributed by atoms with Crippen LogP contribution in [0.2, 0.25) is 0 Å². The molecule has 0 aliphatic heterocycles. The van der Waals surface area contributed by atoms with Crippen molar-refractivity contribution in [2.75, 3.05) is 0 Å². The van der Waals surface area contributed by atoms with Gasteiger partial charge in [0.2, 0.25) is 0 Å². The lowest BCUT2D eigenvalue weighted by atomic mass is 9.93. The number of halogens is 2. The summed E-state index contributed by atoms with van der Waals surface area (Å²) in [5.74, 6) is -0.344. The highest BCUT2D eigenvalue weighted by atomic mass is 79.9. The van der Waals surface area contributed by atoms with Crippen LogP contribution in [0.3, 0.4) is 0 Å². The number of rotatable bonds is 3. The molecule has 1 unspecified atom stereocenters. The predicted octanol–water partition coefficient (Wildman–Crippen LogP) is 3.46. The fourth-order valence-electron chi connectivity index (χ4n) is 1.61. The second-order valence-corrected chi connectivity index (χ2v) is 6.71. The molecule has 2 aromatic heterocycles. The van der Waals surface area contributed by atoms with E-state index in [1.807, 2.05) is 19.1 Å². The standard InChI is InChI=1S/C12H12BrFN2S/c1-12(15,6-9-3-5-11(13)17-9)10-4-2-8(14)7-16-10/h2-5,7H,6,15H2,1H3. The number of aromatic nitrogens is 1. The molecule has 5 heteroatoms. The molecule has 0 radical (unpaired) electrons. The minimum Gasteiger partial charge on any atom is -0.320 e. The van der Waals surface area contributed by atoms with Crippen LogP contribution in [0.25, 0.3) is 0 Å². The maximum absolute atomic E-state index is 12.8. The van der Waals surface area contributed by atoms with Gasteiger partial charge in [-0.05, 0) is 47.1 Å². The third-order valence-electron chi connectivity index (χ3n) is 2.48. The normalized spacial score (nSPS) is 14.6. The highest BCUT2D eigenvalue weighted by Gasteiger charge is 2.24. The summed E-state index contributed by atoms with van der Waals surface area (Å²) >= 11 is 5.07.